The number of esters is 1. The van der Waals surface area contributed by atoms with Gasteiger partial charge in [0.25, 0.3) is 5.91 Å². The molecule has 0 saturated heterocycles. The first-order valence-electron chi connectivity index (χ1n) is 13.7. The number of urea groups is 1. The van der Waals surface area contributed by atoms with Crippen molar-refractivity contribution in [2.24, 2.45) is 0 Å². The van der Waals surface area contributed by atoms with Crippen molar-refractivity contribution < 1.29 is 24.2 Å². The summed E-state index contributed by atoms with van der Waals surface area (Å²) in [5, 5.41) is 18.2. The number of amides is 3. The molecule has 11 heteroatoms. The van der Waals surface area contributed by atoms with E-state index in [0.29, 0.717) is 30.4 Å². The number of anilines is 2. The molecule has 41 heavy (non-hydrogen) atoms. The Kier molecular flexibility index (Phi) is 9.73. The van der Waals surface area contributed by atoms with Gasteiger partial charge in [-0.05, 0) is 68.9 Å². The molecular weight excluding hydrogens is 524 g/mol. The van der Waals surface area contributed by atoms with Crippen molar-refractivity contribution in [3.05, 3.63) is 76.6 Å². The largest absolute Gasteiger partial charge is 0.508 e. The van der Waals surface area contributed by atoms with Gasteiger partial charge in [-0.3, -0.25) is 9.69 Å². The van der Waals surface area contributed by atoms with Crippen LogP contribution in [0.3, 0.4) is 0 Å². The molecule has 0 radical (unpaired) electrons. The standard InChI is InChI=1S/C30H36N6O5/c1-19-26(20(2)34-29(33-19)31-15-7-10-21-9-6-13-23(37)17-21)27(38)35-24(28(39)41-3)18-32-30(40)36-16-8-12-22-11-4-5-14-25(22)36/h4-6,9,11,13-14,17,24,37H,7-8,10,12,15-16,18H2,1-3H3,(H,32,40)(H,35,38)(H,31,33,34). The summed E-state index contributed by atoms with van der Waals surface area (Å²) in [7, 11) is 1.23. The molecule has 2 aromatic carbocycles. The first-order valence-corrected chi connectivity index (χ1v) is 13.7. The topological polar surface area (TPSA) is 146 Å². The summed E-state index contributed by atoms with van der Waals surface area (Å²) < 4.78 is 4.88. The minimum Gasteiger partial charge on any atom is -0.508 e. The number of benzene rings is 2. The van der Waals surface area contributed by atoms with Crippen LogP contribution in [0.5, 0.6) is 5.75 Å². The summed E-state index contributed by atoms with van der Waals surface area (Å²) in [6, 6.07) is 13.4. The summed E-state index contributed by atoms with van der Waals surface area (Å²) in [6.45, 7) is 4.41. The SMILES string of the molecule is COC(=O)C(CNC(=O)N1CCCc2ccccc21)NC(=O)c1c(C)nc(NCCCc2cccc(O)c2)nc1C. The van der Waals surface area contributed by atoms with Crippen molar-refractivity contribution in [1.82, 2.24) is 20.6 Å². The van der Waals surface area contributed by atoms with Gasteiger partial charge < -0.3 is 25.8 Å². The van der Waals surface area contributed by atoms with Crippen LogP contribution >= 0.6 is 0 Å². The second-order valence-electron chi connectivity index (χ2n) is 9.91. The molecule has 0 saturated carbocycles. The van der Waals surface area contributed by atoms with Crippen LogP contribution in [-0.4, -0.2) is 65.8 Å². The Bertz CT molecular complexity index is 1390. The number of carbonyl (C=O) groups is 3. The van der Waals surface area contributed by atoms with Crippen molar-refractivity contribution >= 4 is 29.5 Å². The van der Waals surface area contributed by atoms with E-state index in [1.54, 1.807) is 30.9 Å². The lowest BCUT2D eigenvalue weighted by atomic mass is 10.0. The minimum absolute atomic E-state index is 0.145. The van der Waals surface area contributed by atoms with Gasteiger partial charge in [-0.25, -0.2) is 19.6 Å². The fourth-order valence-corrected chi connectivity index (χ4v) is 4.92. The molecule has 4 rings (SSSR count). The lowest BCUT2D eigenvalue weighted by Gasteiger charge is -2.30. The number of aryl methyl sites for hydroxylation is 4. The Morgan fingerprint density at radius 3 is 2.56 bits per heavy atom. The van der Waals surface area contributed by atoms with E-state index in [0.717, 1.165) is 42.5 Å². The van der Waals surface area contributed by atoms with Crippen LogP contribution in [0.25, 0.3) is 0 Å². The van der Waals surface area contributed by atoms with Crippen LogP contribution in [0, 0.1) is 13.8 Å². The van der Waals surface area contributed by atoms with E-state index in [4.69, 9.17) is 4.74 Å². The van der Waals surface area contributed by atoms with E-state index in [1.165, 1.54) is 7.11 Å². The molecule has 0 bridgehead atoms. The zero-order valence-corrected chi connectivity index (χ0v) is 23.6. The number of carbonyl (C=O) groups excluding carboxylic acids is 3. The van der Waals surface area contributed by atoms with Crippen LogP contribution in [0.1, 0.15) is 45.7 Å². The van der Waals surface area contributed by atoms with Crippen molar-refractivity contribution in [2.45, 2.75) is 45.6 Å². The van der Waals surface area contributed by atoms with Crippen molar-refractivity contribution in [3.8, 4) is 5.75 Å². The van der Waals surface area contributed by atoms with Crippen molar-refractivity contribution in [2.75, 3.05) is 37.0 Å². The highest BCUT2D eigenvalue weighted by Gasteiger charge is 2.28. The number of nitrogens with zero attached hydrogens (tertiary/aromatic N) is 3. The molecule has 1 aliphatic heterocycles. The number of phenolic OH excluding ortho intramolecular Hbond substituents is 1. The number of phenols is 1. The van der Waals surface area contributed by atoms with E-state index in [2.05, 4.69) is 25.9 Å². The highest BCUT2D eigenvalue weighted by atomic mass is 16.5. The first kappa shape index (κ1) is 29.3. The highest BCUT2D eigenvalue weighted by Crippen LogP contribution is 2.26. The lowest BCUT2D eigenvalue weighted by molar-refractivity contribution is -0.142. The summed E-state index contributed by atoms with van der Waals surface area (Å²) in [5.41, 5.74) is 4.11. The van der Waals surface area contributed by atoms with Gasteiger partial charge in [0.2, 0.25) is 5.95 Å². The molecule has 0 spiro atoms. The van der Waals surface area contributed by atoms with Gasteiger partial charge in [0, 0.05) is 18.8 Å². The van der Waals surface area contributed by atoms with E-state index < -0.39 is 17.9 Å². The molecule has 2 heterocycles. The van der Waals surface area contributed by atoms with E-state index in [1.807, 2.05) is 36.4 Å². The molecule has 0 fully saturated rings. The third-order valence-electron chi connectivity index (χ3n) is 6.94. The second-order valence-corrected chi connectivity index (χ2v) is 9.91. The molecular formula is C30H36N6O5. The number of para-hydroxylation sites is 1. The van der Waals surface area contributed by atoms with Gasteiger partial charge in [0.05, 0.1) is 30.6 Å². The zero-order valence-electron chi connectivity index (χ0n) is 23.6. The van der Waals surface area contributed by atoms with Gasteiger partial charge in [0.1, 0.15) is 11.8 Å². The zero-order chi connectivity index (χ0) is 29.4. The Morgan fingerprint density at radius 1 is 1.07 bits per heavy atom. The third kappa shape index (κ3) is 7.50. The number of aromatic hydroxyl groups is 1. The van der Waals surface area contributed by atoms with Gasteiger partial charge in [0.15, 0.2) is 0 Å². The molecule has 1 atom stereocenters. The average Bonchev–Trinajstić information content (AvgIpc) is 2.96. The van der Waals surface area contributed by atoms with Crippen LogP contribution in [0.15, 0.2) is 48.5 Å². The summed E-state index contributed by atoms with van der Waals surface area (Å²) in [5.74, 6) is -0.586. The van der Waals surface area contributed by atoms with Crippen LogP contribution in [0.4, 0.5) is 16.4 Å². The highest BCUT2D eigenvalue weighted by molar-refractivity contribution is 5.99. The number of nitrogens with one attached hydrogen (secondary N) is 3. The third-order valence-corrected chi connectivity index (χ3v) is 6.94. The fourth-order valence-electron chi connectivity index (χ4n) is 4.92. The number of fused-ring (bicyclic) bond motifs is 1. The maximum absolute atomic E-state index is 13.2. The monoisotopic (exact) mass is 560 g/mol. The van der Waals surface area contributed by atoms with Crippen molar-refractivity contribution in [1.29, 1.82) is 0 Å². The molecule has 4 N–H and O–H groups in total. The fraction of sp³-hybridized carbons (Fsp3) is 0.367. The molecule has 3 amide bonds. The Morgan fingerprint density at radius 2 is 1.83 bits per heavy atom. The number of hydrogen-bond acceptors (Lipinski definition) is 8. The molecule has 1 unspecified atom stereocenters. The van der Waals surface area contributed by atoms with Crippen molar-refractivity contribution in [3.63, 3.8) is 0 Å². The minimum atomic E-state index is -1.11. The van der Waals surface area contributed by atoms with Gasteiger partial charge in [-0.1, -0.05) is 30.3 Å². The van der Waals surface area contributed by atoms with E-state index in [9.17, 15) is 19.5 Å². The van der Waals surface area contributed by atoms with E-state index in [-0.39, 0.29) is 23.9 Å². The molecule has 11 nitrogen and oxygen atoms in total. The van der Waals surface area contributed by atoms with E-state index >= 15 is 0 Å². The molecule has 0 aliphatic carbocycles. The summed E-state index contributed by atoms with van der Waals surface area (Å²) in [6.07, 6.45) is 3.30. The number of hydrogen-bond donors (Lipinski definition) is 4. The number of methoxy groups -OCH3 is 1. The first-order chi connectivity index (χ1) is 19.8. The lowest BCUT2D eigenvalue weighted by Crippen LogP contribution is -2.52. The number of ether oxygens (including phenoxy) is 1. The van der Waals surface area contributed by atoms with Gasteiger partial charge in [-0.2, -0.15) is 0 Å². The molecule has 1 aliphatic rings. The predicted molar refractivity (Wildman–Crippen MR) is 155 cm³/mol. The maximum atomic E-state index is 13.2. The van der Waals surface area contributed by atoms with Crippen LogP contribution < -0.4 is 20.9 Å². The molecule has 3 aromatic rings. The molecule has 1 aromatic heterocycles. The maximum Gasteiger partial charge on any atom is 0.330 e. The van der Waals surface area contributed by atoms with Gasteiger partial charge >= 0.3 is 12.0 Å². The Hall–Kier alpha value is -4.67. The number of rotatable bonds is 10. The van der Waals surface area contributed by atoms with Gasteiger partial charge in [-0.15, -0.1) is 0 Å². The quantitative estimate of drug-likeness (QED) is 0.218. The summed E-state index contributed by atoms with van der Waals surface area (Å²) >= 11 is 0. The Balaban J connectivity index is 1.35. The summed E-state index contributed by atoms with van der Waals surface area (Å²) in [4.78, 5) is 49.2. The van der Waals surface area contributed by atoms with Crippen LogP contribution in [-0.2, 0) is 22.4 Å². The smallest absolute Gasteiger partial charge is 0.330 e. The average molecular weight is 561 g/mol. The normalized spacial score (nSPS) is 13.1. The number of aromatic nitrogens is 2. The second kappa shape index (κ2) is 13.6. The molecule has 216 valence electrons. The predicted octanol–water partition coefficient (Wildman–Crippen LogP) is 3.28. The Labute approximate surface area is 239 Å². The van der Waals surface area contributed by atoms with Crippen LogP contribution in [0.2, 0.25) is 0 Å².